The molecule has 0 spiro atoms. The van der Waals surface area contributed by atoms with Gasteiger partial charge in [-0.3, -0.25) is 14.3 Å². The first-order valence-corrected chi connectivity index (χ1v) is 22.6. The van der Waals surface area contributed by atoms with Crippen molar-refractivity contribution in [2.75, 3.05) is 0 Å². The zero-order chi connectivity index (χ0) is 36.2. The Morgan fingerprint density at radius 2 is 1.37 bits per heavy atom. The molecule has 9 nitrogen and oxygen atoms in total. The number of carbonyl (C=O) groups excluding carboxylic acids is 1. The molecule has 3 aromatic rings. The third-order valence-corrected chi connectivity index (χ3v) is 18.8. The zero-order valence-corrected chi connectivity index (χ0v) is 32.4. The molecule has 0 unspecified atom stereocenters. The molecule has 0 amide bonds. The fourth-order valence-electron chi connectivity index (χ4n) is 4.96. The number of allylic oxidation sites excluding steroid dienone is 2. The molecule has 2 heterocycles. The number of rotatable bonds is 11. The molecule has 4 rings (SSSR count). The molecule has 0 aliphatic carbocycles. The van der Waals surface area contributed by atoms with Gasteiger partial charge in [-0.15, -0.1) is 0 Å². The number of H-pyrrole nitrogens is 1. The Kier molecular flexibility index (Phi) is 11.8. The largest absolute Gasteiger partial charge is 0.452 e. The number of benzene rings is 2. The summed E-state index contributed by atoms with van der Waals surface area (Å²) in [5.41, 5.74) is 0.256. The van der Waals surface area contributed by atoms with Crippen LogP contribution in [-0.4, -0.2) is 56.6 Å². The van der Waals surface area contributed by atoms with Crippen molar-refractivity contribution in [1.82, 2.24) is 9.55 Å². The fourth-order valence-corrected chi connectivity index (χ4v) is 7.55. The Morgan fingerprint density at radius 3 is 1.92 bits per heavy atom. The van der Waals surface area contributed by atoms with E-state index in [4.69, 9.17) is 18.3 Å². The van der Waals surface area contributed by atoms with Crippen LogP contribution < -0.4 is 11.2 Å². The second-order valence-corrected chi connectivity index (χ2v) is 25.1. The van der Waals surface area contributed by atoms with Gasteiger partial charge in [-0.25, -0.2) is 9.59 Å². The molecule has 1 aromatic heterocycles. The lowest BCUT2D eigenvalue weighted by atomic mass is 10.0. The predicted octanol–water partition coefficient (Wildman–Crippen LogP) is 7.71. The molecular weight excluding hydrogens is 653 g/mol. The van der Waals surface area contributed by atoms with E-state index in [-0.39, 0.29) is 10.1 Å². The average Bonchev–Trinajstić information content (AvgIpc) is 3.34. The van der Waals surface area contributed by atoms with Gasteiger partial charge in [0.25, 0.3) is 5.56 Å². The van der Waals surface area contributed by atoms with Crippen LogP contribution >= 0.6 is 0 Å². The van der Waals surface area contributed by atoms with Gasteiger partial charge in [0.15, 0.2) is 22.9 Å². The summed E-state index contributed by atoms with van der Waals surface area (Å²) in [6.45, 7) is 21.5. The van der Waals surface area contributed by atoms with Crippen molar-refractivity contribution in [1.29, 1.82) is 0 Å². The minimum absolute atomic E-state index is 0.184. The fraction of sp³-hybridized carbons (Fsp3) is 0.447. The monoisotopic (exact) mass is 704 g/mol. The Balaban J connectivity index is 1.88. The molecule has 1 N–H and O–H groups in total. The van der Waals surface area contributed by atoms with Crippen LogP contribution in [0.4, 0.5) is 0 Å². The normalized spacial score (nSPS) is 21.3. The van der Waals surface area contributed by atoms with E-state index in [1.165, 1.54) is 16.8 Å². The van der Waals surface area contributed by atoms with E-state index in [2.05, 4.69) is 72.7 Å². The molecule has 264 valence electrons. The highest BCUT2D eigenvalue weighted by molar-refractivity contribution is 6.74. The van der Waals surface area contributed by atoms with Gasteiger partial charge in [0, 0.05) is 12.3 Å². The van der Waals surface area contributed by atoms with E-state index in [1.807, 2.05) is 54.6 Å². The Bertz CT molecular complexity index is 1740. The minimum atomic E-state index is -2.53. The first kappa shape index (κ1) is 38.2. The van der Waals surface area contributed by atoms with Gasteiger partial charge in [-0.1, -0.05) is 108 Å². The van der Waals surface area contributed by atoms with E-state index < -0.39 is 64.5 Å². The third-order valence-electron chi connectivity index (χ3n) is 9.90. The number of nitrogens with zero attached hydrogens (tertiary/aromatic N) is 1. The second kappa shape index (κ2) is 15.1. The Morgan fingerprint density at radius 1 is 0.816 bits per heavy atom. The maximum atomic E-state index is 13.6. The summed E-state index contributed by atoms with van der Waals surface area (Å²) in [4.78, 5) is 41.4. The lowest BCUT2D eigenvalue weighted by Crippen LogP contribution is -2.55. The van der Waals surface area contributed by atoms with Crippen LogP contribution in [0.1, 0.15) is 63.7 Å². The maximum absolute atomic E-state index is 13.6. The summed E-state index contributed by atoms with van der Waals surface area (Å²) in [5.74, 6) is -0.525. The van der Waals surface area contributed by atoms with Gasteiger partial charge in [0.1, 0.15) is 24.4 Å². The van der Waals surface area contributed by atoms with Crippen molar-refractivity contribution in [3.63, 3.8) is 0 Å². The number of carbonyl (C=O) groups is 1. The zero-order valence-electron chi connectivity index (χ0n) is 30.4. The number of hydrogen-bond donors (Lipinski definition) is 1. The van der Waals surface area contributed by atoms with Crippen molar-refractivity contribution in [3.8, 4) is 0 Å². The summed E-state index contributed by atoms with van der Waals surface area (Å²) in [6, 6.07) is 19.9. The van der Waals surface area contributed by atoms with Crippen LogP contribution in [0.3, 0.4) is 0 Å². The molecule has 2 aromatic carbocycles. The smallest absolute Gasteiger partial charge is 0.338 e. The Labute approximate surface area is 292 Å². The van der Waals surface area contributed by atoms with Gasteiger partial charge >= 0.3 is 11.7 Å². The van der Waals surface area contributed by atoms with Crippen molar-refractivity contribution in [3.05, 3.63) is 123 Å². The molecule has 1 fully saturated rings. The highest BCUT2D eigenvalue weighted by Crippen LogP contribution is 2.46. The van der Waals surface area contributed by atoms with Gasteiger partial charge in [-0.2, -0.15) is 0 Å². The standard InChI is InChI=1S/C38H52N2O7Si2/c1-37(2,3)48(7,8)46-32-31(45-34(40-26-25-30(41)39-36(40)43)33(32)47-49(9,10)38(4,5)6)29(44-35(42)28-22-15-12-16-23-28)24-18-17-21-27-19-13-11-14-20-27/h11-26,29,31-34H,1-10H3,(H,39,41,43)/b21-17+,24-18-/t29-,31+,32+,33+,34+/m0/s1. The van der Waals surface area contributed by atoms with E-state index >= 15 is 0 Å². The minimum Gasteiger partial charge on any atom is -0.452 e. The molecule has 1 aliphatic heterocycles. The number of ether oxygens (including phenoxy) is 2. The molecule has 49 heavy (non-hydrogen) atoms. The van der Waals surface area contributed by atoms with Crippen molar-refractivity contribution in [2.45, 2.75) is 108 Å². The Hall–Kier alpha value is -3.62. The van der Waals surface area contributed by atoms with Gasteiger partial charge in [-0.05, 0) is 60.0 Å². The number of esters is 1. The van der Waals surface area contributed by atoms with Gasteiger partial charge < -0.3 is 18.3 Å². The lowest BCUT2D eigenvalue weighted by Gasteiger charge is -2.44. The number of nitrogens with one attached hydrogen (secondary N) is 1. The van der Waals surface area contributed by atoms with Crippen molar-refractivity contribution in [2.24, 2.45) is 0 Å². The molecule has 0 saturated carbocycles. The van der Waals surface area contributed by atoms with Crippen LogP contribution in [-0.2, 0) is 18.3 Å². The highest BCUT2D eigenvalue weighted by atomic mass is 28.4. The SMILES string of the molecule is CC(C)(C)[Si](C)(C)O[C@H]1[C@@H](O[Si](C)(C)C(C)(C)C)[C@H](n2ccc(=O)[nH]c2=O)O[C@@H]1[C@H](/C=C\C=C\c1ccccc1)OC(=O)c1ccccc1. The van der Waals surface area contributed by atoms with Crippen LogP contribution in [0.15, 0.2) is 101 Å². The van der Waals surface area contributed by atoms with E-state index in [9.17, 15) is 14.4 Å². The molecule has 5 atom stereocenters. The molecule has 1 saturated heterocycles. The van der Waals surface area contributed by atoms with E-state index in [0.717, 1.165) is 5.56 Å². The second-order valence-electron chi connectivity index (χ2n) is 15.6. The molecule has 11 heteroatoms. The summed E-state index contributed by atoms with van der Waals surface area (Å²) in [5, 5.41) is -0.370. The number of hydrogen-bond acceptors (Lipinski definition) is 7. The third kappa shape index (κ3) is 9.34. The summed E-state index contributed by atoms with van der Waals surface area (Å²) in [6.07, 6.45) is 4.57. The van der Waals surface area contributed by atoms with Crippen LogP contribution in [0.25, 0.3) is 6.08 Å². The topological polar surface area (TPSA) is 109 Å². The quantitative estimate of drug-likeness (QED) is 0.124. The van der Waals surface area contributed by atoms with Crippen LogP contribution in [0.5, 0.6) is 0 Å². The molecule has 1 aliphatic rings. The average molecular weight is 705 g/mol. The first-order valence-electron chi connectivity index (χ1n) is 16.8. The predicted molar refractivity (Wildman–Crippen MR) is 200 cm³/mol. The maximum Gasteiger partial charge on any atom is 0.338 e. The van der Waals surface area contributed by atoms with E-state index in [0.29, 0.717) is 5.56 Å². The highest BCUT2D eigenvalue weighted by Gasteiger charge is 2.56. The van der Waals surface area contributed by atoms with Crippen LogP contribution in [0, 0.1) is 0 Å². The van der Waals surface area contributed by atoms with Crippen molar-refractivity contribution < 1.29 is 23.1 Å². The summed E-state index contributed by atoms with van der Waals surface area (Å²) >= 11 is 0. The summed E-state index contributed by atoms with van der Waals surface area (Å²) in [7, 11) is -5.05. The molecule has 0 radical (unpaired) electrons. The molecule has 0 bridgehead atoms. The number of aromatic nitrogens is 2. The summed E-state index contributed by atoms with van der Waals surface area (Å²) < 4.78 is 28.7. The molecular formula is C38H52N2O7Si2. The lowest BCUT2D eigenvalue weighted by molar-refractivity contribution is -0.0773. The van der Waals surface area contributed by atoms with Gasteiger partial charge in [0.05, 0.1) is 5.56 Å². The van der Waals surface area contributed by atoms with Crippen LogP contribution in [0.2, 0.25) is 36.3 Å². The van der Waals surface area contributed by atoms with Gasteiger partial charge in [0.2, 0.25) is 0 Å². The van der Waals surface area contributed by atoms with E-state index in [1.54, 1.807) is 30.3 Å². The van der Waals surface area contributed by atoms with Crippen molar-refractivity contribution >= 4 is 28.7 Å². The first-order chi connectivity index (χ1) is 22.8. The number of aromatic amines is 1.